The minimum atomic E-state index is -0.157. The van der Waals surface area contributed by atoms with Crippen LogP contribution in [0.3, 0.4) is 0 Å². The van der Waals surface area contributed by atoms with E-state index in [0.29, 0.717) is 10.7 Å². The number of aryl methyl sites for hydroxylation is 2. The minimum absolute atomic E-state index is 0.157. The van der Waals surface area contributed by atoms with E-state index >= 15 is 0 Å². The van der Waals surface area contributed by atoms with Gasteiger partial charge in [-0.1, -0.05) is 22.9 Å². The lowest BCUT2D eigenvalue weighted by molar-refractivity contribution is 0.102. The second-order valence-corrected chi connectivity index (χ2v) is 6.93. The molecule has 2 aromatic rings. The van der Waals surface area contributed by atoms with Crippen LogP contribution in [-0.2, 0) is 6.42 Å². The number of benzene rings is 1. The summed E-state index contributed by atoms with van der Waals surface area (Å²) in [5.41, 5.74) is 1.63. The lowest BCUT2D eigenvalue weighted by Gasteiger charge is -2.04. The van der Waals surface area contributed by atoms with Gasteiger partial charge in [-0.2, -0.15) is 0 Å². The summed E-state index contributed by atoms with van der Waals surface area (Å²) in [5.74, 6) is -0.157. The van der Waals surface area contributed by atoms with Gasteiger partial charge < -0.3 is 0 Å². The Labute approximate surface area is 132 Å². The van der Waals surface area contributed by atoms with Crippen LogP contribution in [0.5, 0.6) is 0 Å². The normalized spacial score (nSPS) is 10.5. The molecule has 1 amide bonds. The molecule has 1 aromatic carbocycles. The average molecular weight is 404 g/mol. The Morgan fingerprint density at radius 3 is 2.74 bits per heavy atom. The predicted octanol–water partition coefficient (Wildman–Crippen LogP) is 4.79. The Bertz CT molecular complexity index is 625. The van der Waals surface area contributed by atoms with E-state index in [0.717, 1.165) is 25.9 Å². The predicted molar refractivity (Wildman–Crippen MR) is 86.0 cm³/mol. The third-order valence-electron chi connectivity index (χ3n) is 2.62. The van der Waals surface area contributed by atoms with E-state index < -0.39 is 0 Å². The summed E-state index contributed by atoms with van der Waals surface area (Å²) >= 11 is 8.25. The van der Waals surface area contributed by atoms with Gasteiger partial charge in [0.2, 0.25) is 0 Å². The van der Waals surface area contributed by atoms with E-state index in [1.165, 1.54) is 11.3 Å². The van der Waals surface area contributed by atoms with Crippen LogP contribution in [0.15, 0.2) is 27.1 Å². The second kappa shape index (κ2) is 6.15. The first-order valence-corrected chi connectivity index (χ1v) is 8.14. The maximum Gasteiger partial charge on any atom is 0.258 e. The van der Waals surface area contributed by atoms with Gasteiger partial charge in [0.1, 0.15) is 0 Å². The van der Waals surface area contributed by atoms with Gasteiger partial charge in [-0.15, -0.1) is 11.3 Å². The molecule has 1 aromatic heterocycles. The van der Waals surface area contributed by atoms with E-state index in [1.54, 1.807) is 6.07 Å². The second-order valence-electron chi connectivity index (χ2n) is 3.95. The molecule has 0 aliphatic heterocycles. The number of nitrogens with zero attached hydrogens (tertiary/aromatic N) is 1. The Kier molecular flexibility index (Phi) is 4.76. The minimum Gasteiger partial charge on any atom is -0.298 e. The highest BCUT2D eigenvalue weighted by Crippen LogP contribution is 2.25. The summed E-state index contributed by atoms with van der Waals surface area (Å²) in [5, 5.41) is 3.48. The van der Waals surface area contributed by atoms with Crippen molar-refractivity contribution in [3.8, 4) is 0 Å². The number of carbonyl (C=O) groups excluding carboxylic acids is 1. The molecule has 6 heteroatoms. The summed E-state index contributed by atoms with van der Waals surface area (Å²) in [4.78, 5) is 17.7. The first-order chi connectivity index (χ1) is 9.01. The Balaban J connectivity index is 2.20. The van der Waals surface area contributed by atoms with Gasteiger partial charge in [0.25, 0.3) is 5.91 Å². The van der Waals surface area contributed by atoms with Gasteiger partial charge >= 0.3 is 0 Å². The molecule has 1 N–H and O–H groups in total. The Morgan fingerprint density at radius 1 is 1.42 bits per heavy atom. The molecule has 2 rings (SSSR count). The lowest BCUT2D eigenvalue weighted by Crippen LogP contribution is -2.12. The zero-order valence-electron chi connectivity index (χ0n) is 10.5. The molecule has 0 bridgehead atoms. The molecule has 0 aliphatic carbocycles. The third kappa shape index (κ3) is 3.43. The van der Waals surface area contributed by atoms with Crippen molar-refractivity contribution in [1.29, 1.82) is 0 Å². The van der Waals surface area contributed by atoms with Crippen molar-refractivity contribution in [1.82, 2.24) is 4.98 Å². The van der Waals surface area contributed by atoms with Gasteiger partial charge in [0, 0.05) is 13.8 Å². The van der Waals surface area contributed by atoms with Crippen molar-refractivity contribution in [2.24, 2.45) is 0 Å². The fourth-order valence-corrected chi connectivity index (χ4v) is 3.77. The van der Waals surface area contributed by atoms with Crippen molar-refractivity contribution in [3.63, 3.8) is 0 Å². The van der Waals surface area contributed by atoms with Crippen LogP contribution in [-0.4, -0.2) is 10.9 Å². The highest BCUT2D eigenvalue weighted by molar-refractivity contribution is 9.11. The van der Waals surface area contributed by atoms with E-state index in [4.69, 9.17) is 0 Å². The number of anilines is 1. The Hall–Kier alpha value is -0.720. The summed E-state index contributed by atoms with van der Waals surface area (Å²) in [6.45, 7) is 4.07. The van der Waals surface area contributed by atoms with Crippen LogP contribution < -0.4 is 5.32 Å². The molecule has 0 atom stereocenters. The largest absolute Gasteiger partial charge is 0.298 e. The van der Waals surface area contributed by atoms with Crippen molar-refractivity contribution in [2.75, 3.05) is 5.32 Å². The van der Waals surface area contributed by atoms with E-state index in [1.807, 2.05) is 19.1 Å². The molecule has 100 valence electrons. The van der Waals surface area contributed by atoms with Crippen LogP contribution in [0.4, 0.5) is 5.13 Å². The molecule has 3 nitrogen and oxygen atoms in total. The molecule has 0 unspecified atom stereocenters. The summed E-state index contributed by atoms with van der Waals surface area (Å²) in [7, 11) is 0. The quantitative estimate of drug-likeness (QED) is 0.800. The molecule has 0 saturated heterocycles. The van der Waals surface area contributed by atoms with E-state index in [9.17, 15) is 4.79 Å². The van der Waals surface area contributed by atoms with Gasteiger partial charge in [-0.05, 0) is 47.5 Å². The summed E-state index contributed by atoms with van der Waals surface area (Å²) in [6, 6.07) is 5.45. The SMILES string of the molecule is CCc1nc(NC(=O)c2ccc(Br)cc2Br)sc1C. The molecule has 0 saturated carbocycles. The number of amides is 1. The molecule has 0 spiro atoms. The van der Waals surface area contributed by atoms with Crippen LogP contribution >= 0.6 is 43.2 Å². The van der Waals surface area contributed by atoms with Crippen LogP contribution in [0.2, 0.25) is 0 Å². The van der Waals surface area contributed by atoms with Crippen molar-refractivity contribution in [3.05, 3.63) is 43.3 Å². The topological polar surface area (TPSA) is 42.0 Å². The number of hydrogen-bond acceptors (Lipinski definition) is 3. The van der Waals surface area contributed by atoms with Crippen molar-refractivity contribution < 1.29 is 4.79 Å². The van der Waals surface area contributed by atoms with Crippen LogP contribution in [0.25, 0.3) is 0 Å². The van der Waals surface area contributed by atoms with Gasteiger partial charge in [-0.3, -0.25) is 10.1 Å². The van der Waals surface area contributed by atoms with Gasteiger partial charge in [0.05, 0.1) is 11.3 Å². The number of thiazole rings is 1. The van der Waals surface area contributed by atoms with Crippen LogP contribution in [0, 0.1) is 6.92 Å². The average Bonchev–Trinajstić information content (AvgIpc) is 2.69. The van der Waals surface area contributed by atoms with Crippen LogP contribution in [0.1, 0.15) is 27.9 Å². The molecule has 19 heavy (non-hydrogen) atoms. The molecular formula is C13H12Br2N2OS. The highest BCUT2D eigenvalue weighted by atomic mass is 79.9. The van der Waals surface area contributed by atoms with E-state index in [-0.39, 0.29) is 5.91 Å². The molecule has 0 fully saturated rings. The zero-order chi connectivity index (χ0) is 14.0. The molecule has 0 aliphatic rings. The standard InChI is InChI=1S/C13H12Br2N2OS/c1-3-11-7(2)19-13(16-11)17-12(18)9-5-4-8(14)6-10(9)15/h4-6H,3H2,1-2H3,(H,16,17,18). The Morgan fingerprint density at radius 2 is 2.16 bits per heavy atom. The fourth-order valence-electron chi connectivity index (χ4n) is 1.65. The molecule has 1 heterocycles. The molecular weight excluding hydrogens is 392 g/mol. The smallest absolute Gasteiger partial charge is 0.258 e. The summed E-state index contributed by atoms with van der Waals surface area (Å²) in [6.07, 6.45) is 0.875. The van der Waals surface area contributed by atoms with Crippen molar-refractivity contribution in [2.45, 2.75) is 20.3 Å². The number of rotatable bonds is 3. The van der Waals surface area contributed by atoms with Crippen molar-refractivity contribution >= 4 is 54.2 Å². The van der Waals surface area contributed by atoms with Gasteiger partial charge in [-0.25, -0.2) is 4.98 Å². The lowest BCUT2D eigenvalue weighted by atomic mass is 10.2. The number of aromatic nitrogens is 1. The number of nitrogens with one attached hydrogen (secondary N) is 1. The monoisotopic (exact) mass is 402 g/mol. The highest BCUT2D eigenvalue weighted by Gasteiger charge is 2.13. The first kappa shape index (κ1) is 14.7. The number of carbonyl (C=O) groups is 1. The maximum absolute atomic E-state index is 12.2. The van der Waals surface area contributed by atoms with E-state index in [2.05, 4.69) is 49.1 Å². The zero-order valence-corrected chi connectivity index (χ0v) is 14.4. The number of hydrogen-bond donors (Lipinski definition) is 1. The van der Waals surface area contributed by atoms with Gasteiger partial charge in [0.15, 0.2) is 5.13 Å². The fraction of sp³-hybridized carbons (Fsp3) is 0.231. The maximum atomic E-state index is 12.2. The molecule has 0 radical (unpaired) electrons. The number of halogens is 2. The summed E-state index contributed by atoms with van der Waals surface area (Å²) < 4.78 is 1.68. The third-order valence-corrected chi connectivity index (χ3v) is 4.70. The first-order valence-electron chi connectivity index (χ1n) is 5.74.